The SMILES string of the molecule is C[C@H](NP(=O)(O)Oc1cccc2ccccc12)C(=O)OC1CCCCC1. The second-order valence-electron chi connectivity index (χ2n) is 6.64. The van der Waals surface area contributed by atoms with Gasteiger partial charge in [0.1, 0.15) is 17.9 Å². The van der Waals surface area contributed by atoms with Gasteiger partial charge in [-0.15, -0.1) is 0 Å². The van der Waals surface area contributed by atoms with Gasteiger partial charge in [-0.1, -0.05) is 42.8 Å². The van der Waals surface area contributed by atoms with Crippen LogP contribution in [-0.2, 0) is 14.1 Å². The molecule has 1 unspecified atom stereocenters. The van der Waals surface area contributed by atoms with Crippen LogP contribution in [0.4, 0.5) is 0 Å². The summed E-state index contributed by atoms with van der Waals surface area (Å²) in [6.45, 7) is 1.50. The van der Waals surface area contributed by atoms with Crippen LogP contribution in [0, 0.1) is 0 Å². The summed E-state index contributed by atoms with van der Waals surface area (Å²) in [5, 5.41) is 4.00. The molecule has 0 amide bonds. The van der Waals surface area contributed by atoms with Crippen molar-refractivity contribution in [3.8, 4) is 5.75 Å². The first kappa shape index (κ1) is 18.9. The van der Waals surface area contributed by atoms with E-state index >= 15 is 0 Å². The van der Waals surface area contributed by atoms with Crippen molar-refractivity contribution in [1.82, 2.24) is 5.09 Å². The summed E-state index contributed by atoms with van der Waals surface area (Å²) in [6.07, 6.45) is 4.85. The van der Waals surface area contributed by atoms with Crippen molar-refractivity contribution in [2.24, 2.45) is 0 Å². The molecule has 2 aromatic rings. The van der Waals surface area contributed by atoms with Gasteiger partial charge >= 0.3 is 13.7 Å². The molecule has 2 atom stereocenters. The lowest BCUT2D eigenvalue weighted by Gasteiger charge is -2.24. The number of rotatable bonds is 6. The van der Waals surface area contributed by atoms with Crippen molar-refractivity contribution in [2.45, 2.75) is 51.2 Å². The molecule has 0 heterocycles. The maximum absolute atomic E-state index is 12.4. The fourth-order valence-electron chi connectivity index (χ4n) is 3.18. The molecule has 3 rings (SSSR count). The standard InChI is InChI=1S/C19H24NO5P/c1-14(19(21)24-16-10-3-2-4-11-16)20-26(22,23)25-18-13-7-9-15-8-5-6-12-17(15)18/h5-9,12-14,16H,2-4,10-11H2,1H3,(H2,20,22,23)/t14-/m0/s1. The zero-order chi connectivity index (χ0) is 18.6. The first-order valence-electron chi connectivity index (χ1n) is 8.93. The first-order chi connectivity index (χ1) is 12.4. The third-order valence-electron chi connectivity index (χ3n) is 4.52. The number of carbonyl (C=O) groups excluding carboxylic acids is 1. The number of benzene rings is 2. The van der Waals surface area contributed by atoms with Gasteiger partial charge in [0.25, 0.3) is 0 Å². The molecule has 140 valence electrons. The quantitative estimate of drug-likeness (QED) is 0.580. The van der Waals surface area contributed by atoms with Crippen LogP contribution in [-0.4, -0.2) is 23.0 Å². The van der Waals surface area contributed by atoms with E-state index in [-0.39, 0.29) is 11.9 Å². The maximum atomic E-state index is 12.4. The summed E-state index contributed by atoms with van der Waals surface area (Å²) < 4.78 is 23.2. The Morgan fingerprint density at radius 1 is 1.15 bits per heavy atom. The largest absolute Gasteiger partial charge is 0.461 e. The van der Waals surface area contributed by atoms with E-state index in [0.29, 0.717) is 0 Å². The van der Waals surface area contributed by atoms with Crippen LogP contribution < -0.4 is 9.61 Å². The summed E-state index contributed by atoms with van der Waals surface area (Å²) in [5.74, 6) is -0.248. The smallest absolute Gasteiger partial charge is 0.456 e. The highest BCUT2D eigenvalue weighted by atomic mass is 31.2. The highest BCUT2D eigenvalue weighted by Crippen LogP contribution is 2.41. The second kappa shape index (κ2) is 8.21. The Hall–Kier alpha value is -1.88. The van der Waals surface area contributed by atoms with Crippen LogP contribution in [0.3, 0.4) is 0 Å². The third-order valence-corrected chi connectivity index (χ3v) is 5.67. The average Bonchev–Trinajstić information content (AvgIpc) is 2.62. The molecule has 0 saturated heterocycles. The molecular weight excluding hydrogens is 353 g/mol. The van der Waals surface area contributed by atoms with E-state index in [0.717, 1.165) is 42.9 Å². The lowest BCUT2D eigenvalue weighted by Crippen LogP contribution is -2.36. The Kier molecular flexibility index (Phi) is 5.97. The van der Waals surface area contributed by atoms with Crippen molar-refractivity contribution in [1.29, 1.82) is 0 Å². The van der Waals surface area contributed by atoms with Crippen LogP contribution in [0.5, 0.6) is 5.75 Å². The van der Waals surface area contributed by atoms with Crippen LogP contribution in [0.2, 0.25) is 0 Å². The Morgan fingerprint density at radius 3 is 2.62 bits per heavy atom. The second-order valence-corrected chi connectivity index (χ2v) is 8.12. The highest BCUT2D eigenvalue weighted by molar-refractivity contribution is 7.51. The van der Waals surface area contributed by atoms with Gasteiger partial charge < -0.3 is 14.2 Å². The van der Waals surface area contributed by atoms with E-state index in [1.54, 1.807) is 12.1 Å². The monoisotopic (exact) mass is 377 g/mol. The van der Waals surface area contributed by atoms with E-state index in [1.165, 1.54) is 6.92 Å². The average molecular weight is 377 g/mol. The number of carbonyl (C=O) groups is 1. The molecule has 2 aromatic carbocycles. The molecule has 1 aliphatic carbocycles. The molecule has 1 saturated carbocycles. The van der Waals surface area contributed by atoms with Crippen molar-refractivity contribution >= 4 is 24.5 Å². The molecule has 0 aliphatic heterocycles. The zero-order valence-electron chi connectivity index (χ0n) is 14.8. The molecule has 0 spiro atoms. The maximum Gasteiger partial charge on any atom is 0.456 e. The predicted molar refractivity (Wildman–Crippen MR) is 100.0 cm³/mol. The molecule has 0 aromatic heterocycles. The number of hydrogen-bond acceptors (Lipinski definition) is 4. The van der Waals surface area contributed by atoms with E-state index in [1.807, 2.05) is 30.3 Å². The van der Waals surface area contributed by atoms with Gasteiger partial charge in [-0.2, -0.15) is 5.09 Å². The summed E-state index contributed by atoms with van der Waals surface area (Å²) in [6, 6.07) is 11.7. The summed E-state index contributed by atoms with van der Waals surface area (Å²) in [4.78, 5) is 22.3. The fraction of sp³-hybridized carbons (Fsp3) is 0.421. The molecule has 2 N–H and O–H groups in total. The van der Waals surface area contributed by atoms with Crippen molar-refractivity contribution in [3.05, 3.63) is 42.5 Å². The zero-order valence-corrected chi connectivity index (χ0v) is 15.7. The van der Waals surface area contributed by atoms with Gasteiger partial charge in [0.05, 0.1) is 0 Å². The molecule has 0 radical (unpaired) electrons. The van der Waals surface area contributed by atoms with Crippen molar-refractivity contribution < 1.29 is 23.5 Å². The third kappa shape index (κ3) is 4.85. The summed E-state index contributed by atoms with van der Waals surface area (Å²) in [5.41, 5.74) is 0. The summed E-state index contributed by atoms with van der Waals surface area (Å²) in [7, 11) is -4.23. The minimum absolute atomic E-state index is 0.0995. The number of fused-ring (bicyclic) bond motifs is 1. The van der Waals surface area contributed by atoms with Gasteiger partial charge in [0, 0.05) is 5.39 Å². The van der Waals surface area contributed by atoms with E-state index in [4.69, 9.17) is 9.26 Å². The Labute approximate surface area is 153 Å². The minimum atomic E-state index is -4.23. The number of esters is 1. The van der Waals surface area contributed by atoms with Gasteiger partial charge in [-0.3, -0.25) is 4.79 Å². The number of nitrogens with one attached hydrogen (secondary N) is 1. The van der Waals surface area contributed by atoms with Gasteiger partial charge in [-0.05, 0) is 44.1 Å². The van der Waals surface area contributed by atoms with Gasteiger partial charge in [-0.25, -0.2) is 4.57 Å². The topological polar surface area (TPSA) is 84.9 Å². The molecule has 0 bridgehead atoms. The first-order valence-corrected chi connectivity index (χ1v) is 10.5. The normalized spacial score (nSPS) is 18.8. The van der Waals surface area contributed by atoms with E-state index < -0.39 is 19.8 Å². The Bertz CT molecular complexity index is 813. The molecule has 26 heavy (non-hydrogen) atoms. The molecule has 1 aliphatic rings. The molecule has 7 heteroatoms. The van der Waals surface area contributed by atoms with Crippen molar-refractivity contribution in [2.75, 3.05) is 0 Å². The fourth-order valence-corrected chi connectivity index (χ4v) is 4.26. The van der Waals surface area contributed by atoms with Gasteiger partial charge in [0.15, 0.2) is 0 Å². The molecule has 1 fully saturated rings. The lowest BCUT2D eigenvalue weighted by molar-refractivity contribution is -0.152. The highest BCUT2D eigenvalue weighted by Gasteiger charge is 2.30. The van der Waals surface area contributed by atoms with Crippen molar-refractivity contribution in [3.63, 3.8) is 0 Å². The minimum Gasteiger partial charge on any atom is -0.461 e. The van der Waals surface area contributed by atoms with Crippen LogP contribution in [0.1, 0.15) is 39.0 Å². The van der Waals surface area contributed by atoms with Crippen LogP contribution >= 0.6 is 7.75 Å². The molecular formula is C19H24NO5P. The van der Waals surface area contributed by atoms with Crippen LogP contribution in [0.15, 0.2) is 42.5 Å². The van der Waals surface area contributed by atoms with Gasteiger partial charge in [0.2, 0.25) is 0 Å². The number of ether oxygens (including phenoxy) is 1. The Morgan fingerprint density at radius 2 is 1.85 bits per heavy atom. The van der Waals surface area contributed by atoms with E-state index in [2.05, 4.69) is 5.09 Å². The Balaban J connectivity index is 1.64. The predicted octanol–water partition coefficient (Wildman–Crippen LogP) is 4.17. The van der Waals surface area contributed by atoms with E-state index in [9.17, 15) is 14.3 Å². The lowest BCUT2D eigenvalue weighted by atomic mass is 9.98. The number of hydrogen-bond donors (Lipinski definition) is 2. The van der Waals surface area contributed by atoms with Crippen LogP contribution in [0.25, 0.3) is 10.8 Å². The summed E-state index contributed by atoms with van der Waals surface area (Å²) >= 11 is 0. The molecule has 6 nitrogen and oxygen atoms in total.